The fourth-order valence-corrected chi connectivity index (χ4v) is 3.29. The summed E-state index contributed by atoms with van der Waals surface area (Å²) in [4.78, 5) is 11.9. The Hall–Kier alpha value is -2.89. The molecule has 0 heterocycles. The molecule has 0 amide bonds. The van der Waals surface area contributed by atoms with Crippen molar-refractivity contribution in [2.75, 3.05) is 7.11 Å². The van der Waals surface area contributed by atoms with Crippen molar-refractivity contribution in [3.05, 3.63) is 77.9 Å². The molecule has 2 atom stereocenters. The van der Waals surface area contributed by atoms with Gasteiger partial charge in [0, 0.05) is 0 Å². The first-order valence-electron chi connectivity index (χ1n) is 9.62. The number of fused-ring (bicyclic) bond motifs is 1. The third-order valence-corrected chi connectivity index (χ3v) is 5.17. The molecule has 5 nitrogen and oxygen atoms in total. The molecule has 3 aromatic rings. The predicted octanol–water partition coefficient (Wildman–Crippen LogP) is 4.51. The molecule has 0 aromatic heterocycles. The molecule has 152 valence electrons. The summed E-state index contributed by atoms with van der Waals surface area (Å²) in [5.74, 6) is -0.538. The standard InChI is InChI=1S/C24H26O5/c1-17(29-16-18-6-4-3-5-7-18)12-13-24(27,23(25)26)21-10-8-20-15-22(28-2)11-9-19(20)14-21/h3-11,14-15,17,27H,12-13,16H2,1-2H3,(H,25,26)/t17-,24?/m0/s1. The van der Waals surface area contributed by atoms with E-state index in [1.807, 2.05) is 55.5 Å². The first-order valence-corrected chi connectivity index (χ1v) is 9.62. The zero-order valence-electron chi connectivity index (χ0n) is 16.7. The lowest BCUT2D eigenvalue weighted by Crippen LogP contribution is -2.36. The first kappa shape index (κ1) is 20.8. The molecular formula is C24H26O5. The van der Waals surface area contributed by atoms with Crippen LogP contribution in [0.4, 0.5) is 0 Å². The number of benzene rings is 3. The Morgan fingerprint density at radius 3 is 2.41 bits per heavy atom. The van der Waals surface area contributed by atoms with Gasteiger partial charge in [0.2, 0.25) is 0 Å². The van der Waals surface area contributed by atoms with Crippen molar-refractivity contribution in [3.63, 3.8) is 0 Å². The van der Waals surface area contributed by atoms with Crippen LogP contribution in [0, 0.1) is 0 Å². The van der Waals surface area contributed by atoms with Crippen molar-refractivity contribution < 1.29 is 24.5 Å². The number of hydrogen-bond donors (Lipinski definition) is 2. The van der Waals surface area contributed by atoms with Crippen LogP contribution in [0.2, 0.25) is 0 Å². The molecule has 0 saturated heterocycles. The zero-order chi connectivity index (χ0) is 20.9. The Labute approximate surface area is 170 Å². The van der Waals surface area contributed by atoms with E-state index in [2.05, 4.69) is 0 Å². The fraction of sp³-hybridized carbons (Fsp3) is 0.292. The second kappa shape index (κ2) is 9.07. The summed E-state index contributed by atoms with van der Waals surface area (Å²) in [6.45, 7) is 2.34. The second-order valence-electron chi connectivity index (χ2n) is 7.24. The number of carbonyl (C=O) groups is 1. The summed E-state index contributed by atoms with van der Waals surface area (Å²) in [6, 6.07) is 20.5. The summed E-state index contributed by atoms with van der Waals surface area (Å²) >= 11 is 0. The molecule has 0 bridgehead atoms. The third kappa shape index (κ3) is 4.94. The van der Waals surface area contributed by atoms with Crippen LogP contribution in [-0.2, 0) is 21.7 Å². The minimum Gasteiger partial charge on any atom is -0.497 e. The third-order valence-electron chi connectivity index (χ3n) is 5.17. The van der Waals surface area contributed by atoms with E-state index in [1.165, 1.54) is 0 Å². The SMILES string of the molecule is COc1ccc2cc(C(O)(CC[C@H](C)OCc3ccccc3)C(=O)O)ccc2c1. The molecule has 0 aliphatic heterocycles. The van der Waals surface area contributed by atoms with Gasteiger partial charge in [-0.2, -0.15) is 0 Å². The van der Waals surface area contributed by atoms with Crippen molar-refractivity contribution in [2.45, 2.75) is 38.1 Å². The molecule has 0 saturated carbocycles. The van der Waals surface area contributed by atoms with Gasteiger partial charge in [0.25, 0.3) is 0 Å². The van der Waals surface area contributed by atoms with Gasteiger partial charge in [0.1, 0.15) is 5.75 Å². The van der Waals surface area contributed by atoms with Gasteiger partial charge in [-0.15, -0.1) is 0 Å². The number of ether oxygens (including phenoxy) is 2. The van der Waals surface area contributed by atoms with Crippen LogP contribution in [0.25, 0.3) is 10.8 Å². The molecule has 0 fully saturated rings. The molecule has 3 aromatic carbocycles. The van der Waals surface area contributed by atoms with E-state index in [4.69, 9.17) is 9.47 Å². The summed E-state index contributed by atoms with van der Waals surface area (Å²) in [7, 11) is 1.60. The lowest BCUT2D eigenvalue weighted by atomic mass is 9.87. The Bertz CT molecular complexity index is 969. The van der Waals surface area contributed by atoms with E-state index >= 15 is 0 Å². The lowest BCUT2D eigenvalue weighted by Gasteiger charge is -2.26. The maximum atomic E-state index is 11.9. The van der Waals surface area contributed by atoms with Crippen LogP contribution in [0.5, 0.6) is 5.75 Å². The highest BCUT2D eigenvalue weighted by atomic mass is 16.5. The smallest absolute Gasteiger partial charge is 0.340 e. The average Bonchev–Trinajstić information content (AvgIpc) is 2.75. The average molecular weight is 394 g/mol. The summed E-state index contributed by atoms with van der Waals surface area (Å²) < 4.78 is 11.0. The fourth-order valence-electron chi connectivity index (χ4n) is 3.29. The number of carboxylic acids is 1. The normalized spacial score (nSPS) is 14.3. The maximum Gasteiger partial charge on any atom is 0.340 e. The molecule has 3 rings (SSSR count). The van der Waals surface area contributed by atoms with Crippen LogP contribution in [-0.4, -0.2) is 29.4 Å². The zero-order valence-corrected chi connectivity index (χ0v) is 16.7. The van der Waals surface area contributed by atoms with E-state index in [1.54, 1.807) is 25.3 Å². The van der Waals surface area contributed by atoms with Crippen molar-refractivity contribution in [2.24, 2.45) is 0 Å². The first-order chi connectivity index (χ1) is 13.9. The van der Waals surface area contributed by atoms with Gasteiger partial charge in [-0.25, -0.2) is 4.79 Å². The van der Waals surface area contributed by atoms with Crippen LogP contribution < -0.4 is 4.74 Å². The van der Waals surface area contributed by atoms with E-state index in [9.17, 15) is 15.0 Å². The number of rotatable bonds is 9. The Morgan fingerprint density at radius 1 is 1.03 bits per heavy atom. The van der Waals surface area contributed by atoms with E-state index in [0.717, 1.165) is 22.1 Å². The highest BCUT2D eigenvalue weighted by Crippen LogP contribution is 2.31. The predicted molar refractivity (Wildman–Crippen MR) is 112 cm³/mol. The monoisotopic (exact) mass is 394 g/mol. The molecule has 0 aliphatic carbocycles. The topological polar surface area (TPSA) is 76.0 Å². The molecule has 0 aliphatic rings. The Morgan fingerprint density at radius 2 is 1.72 bits per heavy atom. The van der Waals surface area contributed by atoms with Gasteiger partial charge in [-0.3, -0.25) is 0 Å². The maximum absolute atomic E-state index is 11.9. The van der Waals surface area contributed by atoms with Gasteiger partial charge >= 0.3 is 5.97 Å². The van der Waals surface area contributed by atoms with Crippen LogP contribution in [0.1, 0.15) is 30.9 Å². The summed E-state index contributed by atoms with van der Waals surface area (Å²) in [5.41, 5.74) is -0.561. The Kier molecular flexibility index (Phi) is 6.52. The van der Waals surface area contributed by atoms with Gasteiger partial charge in [0.05, 0.1) is 19.8 Å². The Balaban J connectivity index is 1.71. The quantitative estimate of drug-likeness (QED) is 0.559. The van der Waals surface area contributed by atoms with Crippen molar-refractivity contribution in [1.29, 1.82) is 0 Å². The molecule has 5 heteroatoms. The van der Waals surface area contributed by atoms with E-state index < -0.39 is 11.6 Å². The van der Waals surface area contributed by atoms with Crippen molar-refractivity contribution in [1.82, 2.24) is 0 Å². The van der Waals surface area contributed by atoms with Crippen LogP contribution in [0.3, 0.4) is 0 Å². The molecule has 0 radical (unpaired) electrons. The van der Waals surface area contributed by atoms with Crippen molar-refractivity contribution in [3.8, 4) is 5.75 Å². The minimum absolute atomic E-state index is 0.0555. The number of carboxylic acid groups (broad SMARTS) is 1. The van der Waals surface area contributed by atoms with E-state index in [-0.39, 0.29) is 12.5 Å². The van der Waals surface area contributed by atoms with Gasteiger partial charge in [-0.05, 0) is 59.9 Å². The molecule has 29 heavy (non-hydrogen) atoms. The molecule has 1 unspecified atom stereocenters. The van der Waals surface area contributed by atoms with Crippen LogP contribution in [0.15, 0.2) is 66.7 Å². The van der Waals surface area contributed by atoms with Crippen LogP contribution >= 0.6 is 0 Å². The molecule has 0 spiro atoms. The lowest BCUT2D eigenvalue weighted by molar-refractivity contribution is -0.161. The van der Waals surface area contributed by atoms with Gasteiger partial charge < -0.3 is 19.7 Å². The number of aliphatic hydroxyl groups is 1. The highest BCUT2D eigenvalue weighted by molar-refractivity contribution is 5.87. The van der Waals surface area contributed by atoms with Gasteiger partial charge in [0.15, 0.2) is 5.60 Å². The number of hydrogen-bond acceptors (Lipinski definition) is 4. The molecule has 2 N–H and O–H groups in total. The largest absolute Gasteiger partial charge is 0.497 e. The van der Waals surface area contributed by atoms with Gasteiger partial charge in [-0.1, -0.05) is 48.5 Å². The number of methoxy groups -OCH3 is 1. The van der Waals surface area contributed by atoms with E-state index in [0.29, 0.717) is 18.6 Å². The van der Waals surface area contributed by atoms with Crippen molar-refractivity contribution >= 4 is 16.7 Å². The number of aliphatic carboxylic acids is 1. The molecular weight excluding hydrogens is 368 g/mol. The summed E-state index contributed by atoms with van der Waals surface area (Å²) in [6.07, 6.45) is 0.279. The second-order valence-corrected chi connectivity index (χ2v) is 7.24. The summed E-state index contributed by atoms with van der Waals surface area (Å²) in [5, 5.41) is 22.5. The minimum atomic E-state index is -1.97. The highest BCUT2D eigenvalue weighted by Gasteiger charge is 2.38.